The lowest BCUT2D eigenvalue weighted by Crippen LogP contribution is -2.49. The number of aliphatic hydroxyl groups is 1. The molecule has 1 aliphatic carbocycles. The maximum absolute atomic E-state index is 12.3. The van der Waals surface area contributed by atoms with Gasteiger partial charge in [0.1, 0.15) is 0 Å². The Morgan fingerprint density at radius 1 is 1.44 bits per heavy atom. The van der Waals surface area contributed by atoms with Gasteiger partial charge in [-0.05, 0) is 56.4 Å². The van der Waals surface area contributed by atoms with E-state index in [2.05, 4.69) is 10.6 Å². The Bertz CT molecular complexity index is 685. The minimum atomic E-state index is -1.38. The van der Waals surface area contributed by atoms with Crippen molar-refractivity contribution in [3.05, 3.63) is 34.9 Å². The highest BCUT2D eigenvalue weighted by Crippen LogP contribution is 2.33. The Balaban J connectivity index is 2.05. The van der Waals surface area contributed by atoms with Crippen molar-refractivity contribution in [2.24, 2.45) is 5.73 Å². The largest absolute Gasteiger partial charge is 0.371 e. The van der Waals surface area contributed by atoms with E-state index in [4.69, 9.17) is 11.1 Å². The summed E-state index contributed by atoms with van der Waals surface area (Å²) in [7, 11) is 0. The number of hydrogen-bond acceptors (Lipinski definition) is 5. The van der Waals surface area contributed by atoms with Gasteiger partial charge in [-0.25, -0.2) is 0 Å². The molecule has 0 saturated carbocycles. The van der Waals surface area contributed by atoms with Crippen LogP contribution >= 0.6 is 0 Å². The number of amides is 2. The molecule has 0 bridgehead atoms. The summed E-state index contributed by atoms with van der Waals surface area (Å²) in [6, 6.07) is 5.44. The first kappa shape index (κ1) is 19.1. The Labute approximate surface area is 147 Å². The summed E-state index contributed by atoms with van der Waals surface area (Å²) in [5, 5.41) is 23.8. The molecule has 0 unspecified atom stereocenters. The van der Waals surface area contributed by atoms with E-state index < -0.39 is 5.72 Å². The molecular formula is C18H26N4O3. The molecule has 0 fully saturated rings. The number of fused-ring (bicyclic) bond motifs is 1. The second-order valence-corrected chi connectivity index (χ2v) is 6.67. The first-order chi connectivity index (χ1) is 11.7. The van der Waals surface area contributed by atoms with Gasteiger partial charge in [0, 0.05) is 24.6 Å². The molecule has 0 saturated heterocycles. The third kappa shape index (κ3) is 4.87. The van der Waals surface area contributed by atoms with Crippen molar-refractivity contribution in [1.82, 2.24) is 10.6 Å². The zero-order valence-electron chi connectivity index (χ0n) is 14.7. The SMILES string of the molecule is CC(=N)[C@@](C)(O)N[C@@H]1CCc2ccc(C(=O)NCCCC(N)=O)cc21. The van der Waals surface area contributed by atoms with E-state index >= 15 is 0 Å². The van der Waals surface area contributed by atoms with Crippen LogP contribution in [0.4, 0.5) is 0 Å². The Kier molecular flexibility index (Phi) is 5.92. The number of benzene rings is 1. The van der Waals surface area contributed by atoms with Crippen LogP contribution in [0.25, 0.3) is 0 Å². The van der Waals surface area contributed by atoms with Crippen LogP contribution in [0.15, 0.2) is 18.2 Å². The van der Waals surface area contributed by atoms with Crippen molar-refractivity contribution < 1.29 is 14.7 Å². The predicted octanol–water partition coefficient (Wildman–Crippen LogP) is 1.01. The summed E-state index contributed by atoms with van der Waals surface area (Å²) in [5.41, 5.74) is 6.50. The highest BCUT2D eigenvalue weighted by atomic mass is 16.3. The fourth-order valence-electron chi connectivity index (χ4n) is 2.91. The standard InChI is InChI=1S/C18H26N4O3/c1-11(19)18(2,25)22-15-8-7-12-5-6-13(10-14(12)15)17(24)21-9-3-4-16(20)23/h5-6,10,15,19,22,25H,3-4,7-9H2,1-2H3,(H2,20,23)(H,21,24)/t15-,18-/m1/s1. The molecule has 0 spiro atoms. The van der Waals surface area contributed by atoms with E-state index in [0.29, 0.717) is 18.5 Å². The molecule has 6 N–H and O–H groups in total. The van der Waals surface area contributed by atoms with E-state index in [-0.39, 0.29) is 30.0 Å². The molecule has 1 aromatic carbocycles. The van der Waals surface area contributed by atoms with Gasteiger partial charge in [0.15, 0.2) is 5.72 Å². The van der Waals surface area contributed by atoms with Crippen LogP contribution in [0, 0.1) is 5.41 Å². The normalized spacial score (nSPS) is 18.3. The minimum absolute atomic E-state index is 0.104. The second-order valence-electron chi connectivity index (χ2n) is 6.67. The molecule has 0 radical (unpaired) electrons. The lowest BCUT2D eigenvalue weighted by atomic mass is 10.0. The van der Waals surface area contributed by atoms with Gasteiger partial charge in [-0.2, -0.15) is 0 Å². The van der Waals surface area contributed by atoms with Crippen LogP contribution in [0.3, 0.4) is 0 Å². The number of nitrogens with one attached hydrogen (secondary N) is 3. The average Bonchev–Trinajstić information content (AvgIpc) is 2.92. The van der Waals surface area contributed by atoms with Crippen molar-refractivity contribution in [3.63, 3.8) is 0 Å². The van der Waals surface area contributed by atoms with E-state index in [1.807, 2.05) is 12.1 Å². The van der Waals surface area contributed by atoms with Crippen LogP contribution in [0.5, 0.6) is 0 Å². The molecule has 7 heteroatoms. The van der Waals surface area contributed by atoms with Crippen molar-refractivity contribution >= 4 is 17.5 Å². The number of carbonyl (C=O) groups excluding carboxylic acids is 2. The first-order valence-electron chi connectivity index (χ1n) is 8.45. The summed E-state index contributed by atoms with van der Waals surface area (Å²) < 4.78 is 0. The Morgan fingerprint density at radius 2 is 2.16 bits per heavy atom. The van der Waals surface area contributed by atoms with Gasteiger partial charge in [0.05, 0.1) is 5.71 Å². The maximum atomic E-state index is 12.3. The Morgan fingerprint density at radius 3 is 2.80 bits per heavy atom. The van der Waals surface area contributed by atoms with Crippen molar-refractivity contribution in [1.29, 1.82) is 5.41 Å². The van der Waals surface area contributed by atoms with E-state index in [1.54, 1.807) is 19.9 Å². The average molecular weight is 346 g/mol. The summed E-state index contributed by atoms with van der Waals surface area (Å²) in [5.74, 6) is -0.581. The number of aryl methyl sites for hydroxylation is 1. The summed E-state index contributed by atoms with van der Waals surface area (Å²) in [6.07, 6.45) is 2.43. The van der Waals surface area contributed by atoms with Gasteiger partial charge in [0.2, 0.25) is 5.91 Å². The molecule has 2 amide bonds. The molecule has 0 aliphatic heterocycles. The number of primary amides is 1. The third-order valence-corrected chi connectivity index (χ3v) is 4.56. The van der Waals surface area contributed by atoms with Crippen LogP contribution in [0.1, 0.15) is 60.6 Å². The van der Waals surface area contributed by atoms with Gasteiger partial charge < -0.3 is 21.6 Å². The Hall–Kier alpha value is -2.25. The molecule has 1 aromatic rings. The van der Waals surface area contributed by atoms with Crippen molar-refractivity contribution in [2.45, 2.75) is 51.3 Å². The lowest BCUT2D eigenvalue weighted by Gasteiger charge is -2.28. The molecule has 0 aromatic heterocycles. The molecule has 1 aliphatic rings. The van der Waals surface area contributed by atoms with E-state index in [1.165, 1.54) is 0 Å². The quantitative estimate of drug-likeness (QED) is 0.273. The molecule has 0 heterocycles. The number of carbonyl (C=O) groups is 2. The summed E-state index contributed by atoms with van der Waals surface area (Å²) in [6.45, 7) is 3.50. The van der Waals surface area contributed by atoms with Crippen LogP contribution in [-0.2, 0) is 11.2 Å². The molecule has 136 valence electrons. The predicted molar refractivity (Wildman–Crippen MR) is 95.4 cm³/mol. The van der Waals surface area contributed by atoms with Crippen LogP contribution in [-0.4, -0.2) is 34.9 Å². The highest BCUT2D eigenvalue weighted by molar-refractivity contribution is 5.94. The van der Waals surface area contributed by atoms with Gasteiger partial charge in [-0.15, -0.1) is 0 Å². The molecule has 2 atom stereocenters. The number of hydrogen-bond donors (Lipinski definition) is 5. The monoisotopic (exact) mass is 346 g/mol. The molecule has 25 heavy (non-hydrogen) atoms. The van der Waals surface area contributed by atoms with Crippen LogP contribution in [0.2, 0.25) is 0 Å². The number of rotatable bonds is 8. The van der Waals surface area contributed by atoms with Crippen LogP contribution < -0.4 is 16.4 Å². The first-order valence-corrected chi connectivity index (χ1v) is 8.45. The van der Waals surface area contributed by atoms with Gasteiger partial charge in [0.25, 0.3) is 5.91 Å². The zero-order valence-corrected chi connectivity index (χ0v) is 14.7. The molecule has 2 rings (SSSR count). The highest BCUT2D eigenvalue weighted by Gasteiger charge is 2.31. The fourth-order valence-corrected chi connectivity index (χ4v) is 2.91. The second kappa shape index (κ2) is 7.76. The van der Waals surface area contributed by atoms with Gasteiger partial charge >= 0.3 is 0 Å². The van der Waals surface area contributed by atoms with Gasteiger partial charge in [-0.3, -0.25) is 14.9 Å². The zero-order chi connectivity index (χ0) is 18.6. The van der Waals surface area contributed by atoms with E-state index in [9.17, 15) is 14.7 Å². The summed E-state index contributed by atoms with van der Waals surface area (Å²) >= 11 is 0. The smallest absolute Gasteiger partial charge is 0.251 e. The molecular weight excluding hydrogens is 320 g/mol. The van der Waals surface area contributed by atoms with Crippen molar-refractivity contribution in [2.75, 3.05) is 6.54 Å². The van der Waals surface area contributed by atoms with E-state index in [0.717, 1.165) is 24.0 Å². The van der Waals surface area contributed by atoms with Crippen molar-refractivity contribution in [3.8, 4) is 0 Å². The third-order valence-electron chi connectivity index (χ3n) is 4.56. The van der Waals surface area contributed by atoms with Gasteiger partial charge in [-0.1, -0.05) is 6.07 Å². The maximum Gasteiger partial charge on any atom is 0.251 e. The topological polar surface area (TPSA) is 128 Å². The molecule has 7 nitrogen and oxygen atoms in total. The summed E-state index contributed by atoms with van der Waals surface area (Å²) in [4.78, 5) is 23.0. The fraction of sp³-hybridized carbons (Fsp3) is 0.500. The minimum Gasteiger partial charge on any atom is -0.371 e. The number of nitrogens with two attached hydrogens (primary N) is 1. The lowest BCUT2D eigenvalue weighted by molar-refractivity contribution is -0.118.